The first-order chi connectivity index (χ1) is 4.59. The molecule has 0 aliphatic heterocycles. The summed E-state index contributed by atoms with van der Waals surface area (Å²) < 4.78 is 5.22. The van der Waals surface area contributed by atoms with Gasteiger partial charge in [-0.05, 0) is 12.8 Å². The van der Waals surface area contributed by atoms with Crippen molar-refractivity contribution >= 4 is 5.84 Å². The van der Waals surface area contributed by atoms with Crippen LogP contribution in [0.25, 0.3) is 0 Å². The zero-order valence-corrected chi connectivity index (χ0v) is 6.85. The minimum atomic E-state index is -0.204. The Kier molecular flexibility index (Phi) is 4.03. The van der Waals surface area contributed by atoms with Gasteiger partial charge in [-0.1, -0.05) is 13.8 Å². The zero-order valence-electron chi connectivity index (χ0n) is 6.85. The molecule has 0 radical (unpaired) electrons. The molecule has 0 heterocycles. The van der Waals surface area contributed by atoms with Crippen molar-refractivity contribution in [1.82, 2.24) is 0 Å². The molecule has 0 saturated heterocycles. The topological polar surface area (TPSA) is 59.1 Å². The minimum absolute atomic E-state index is 0.122. The molecule has 0 bridgehead atoms. The Morgan fingerprint density at radius 2 is 2.10 bits per heavy atom. The molecule has 0 spiro atoms. The van der Waals surface area contributed by atoms with Crippen molar-refractivity contribution in [3.8, 4) is 0 Å². The van der Waals surface area contributed by atoms with Crippen LogP contribution in [-0.4, -0.2) is 18.5 Å². The van der Waals surface area contributed by atoms with E-state index in [1.165, 1.54) is 0 Å². The summed E-state index contributed by atoms with van der Waals surface area (Å²) in [5.41, 5.74) is 5.28. The normalized spacial score (nSPS) is 13.6. The quantitative estimate of drug-likeness (QED) is 0.456. The molecule has 0 saturated carbocycles. The molecule has 0 aliphatic rings. The summed E-state index contributed by atoms with van der Waals surface area (Å²) in [5, 5.41) is 7.14. The standard InChI is InChI=1S/C7H16N2O/c1-4-10-6(5(2)3)7(8)9/h5-6H,4H2,1-3H3,(H3,8,9)/t6-/m1/s1. The number of hydrogen-bond donors (Lipinski definition) is 2. The van der Waals surface area contributed by atoms with Gasteiger partial charge in [0.15, 0.2) is 0 Å². The largest absolute Gasteiger partial charge is 0.385 e. The van der Waals surface area contributed by atoms with E-state index >= 15 is 0 Å². The number of nitrogens with one attached hydrogen (secondary N) is 1. The second-order valence-corrected chi connectivity index (χ2v) is 2.58. The monoisotopic (exact) mass is 144 g/mol. The number of rotatable bonds is 4. The summed E-state index contributed by atoms with van der Waals surface area (Å²) in [7, 11) is 0. The van der Waals surface area contributed by atoms with Crippen molar-refractivity contribution in [2.75, 3.05) is 6.61 Å². The molecule has 0 unspecified atom stereocenters. The third kappa shape index (κ3) is 2.82. The van der Waals surface area contributed by atoms with Gasteiger partial charge in [-0.2, -0.15) is 0 Å². The molecule has 10 heavy (non-hydrogen) atoms. The average Bonchev–Trinajstić information content (AvgIpc) is 1.81. The third-order valence-electron chi connectivity index (χ3n) is 1.26. The van der Waals surface area contributed by atoms with Crippen molar-refractivity contribution < 1.29 is 4.74 Å². The molecular formula is C7H16N2O. The maximum atomic E-state index is 7.14. The zero-order chi connectivity index (χ0) is 8.15. The summed E-state index contributed by atoms with van der Waals surface area (Å²) in [6.07, 6.45) is -0.204. The highest BCUT2D eigenvalue weighted by Gasteiger charge is 2.15. The van der Waals surface area contributed by atoms with Gasteiger partial charge >= 0.3 is 0 Å². The lowest BCUT2D eigenvalue weighted by Gasteiger charge is -2.18. The number of amidine groups is 1. The Morgan fingerprint density at radius 1 is 1.60 bits per heavy atom. The van der Waals surface area contributed by atoms with Gasteiger partial charge in [0.05, 0.1) is 0 Å². The SMILES string of the molecule is CCO[C@@H](C(=N)N)C(C)C. The fraction of sp³-hybridized carbons (Fsp3) is 0.857. The van der Waals surface area contributed by atoms with E-state index in [0.717, 1.165) is 0 Å². The van der Waals surface area contributed by atoms with Crippen molar-refractivity contribution in [1.29, 1.82) is 5.41 Å². The Morgan fingerprint density at radius 3 is 2.20 bits per heavy atom. The summed E-state index contributed by atoms with van der Waals surface area (Å²) in [4.78, 5) is 0. The van der Waals surface area contributed by atoms with Crippen LogP contribution in [0, 0.1) is 11.3 Å². The van der Waals surface area contributed by atoms with Gasteiger partial charge in [0, 0.05) is 6.61 Å². The van der Waals surface area contributed by atoms with E-state index in [1.807, 2.05) is 20.8 Å². The number of nitrogens with two attached hydrogens (primary N) is 1. The van der Waals surface area contributed by atoms with E-state index in [0.29, 0.717) is 6.61 Å². The molecular weight excluding hydrogens is 128 g/mol. The van der Waals surface area contributed by atoms with Gasteiger partial charge < -0.3 is 10.5 Å². The Bertz CT molecular complexity index is 112. The molecule has 0 aromatic carbocycles. The molecule has 0 aromatic rings. The van der Waals surface area contributed by atoms with Crippen LogP contribution in [0.1, 0.15) is 20.8 Å². The summed E-state index contributed by atoms with van der Waals surface area (Å²) >= 11 is 0. The van der Waals surface area contributed by atoms with Gasteiger partial charge in [0.2, 0.25) is 0 Å². The molecule has 0 aliphatic carbocycles. The highest BCUT2D eigenvalue weighted by Crippen LogP contribution is 2.05. The Labute approximate surface area is 62.1 Å². The van der Waals surface area contributed by atoms with Crippen LogP contribution >= 0.6 is 0 Å². The van der Waals surface area contributed by atoms with E-state index in [9.17, 15) is 0 Å². The molecule has 0 amide bonds. The number of hydrogen-bond acceptors (Lipinski definition) is 2. The van der Waals surface area contributed by atoms with Crippen LogP contribution < -0.4 is 5.73 Å². The first-order valence-corrected chi connectivity index (χ1v) is 3.55. The Balaban J connectivity index is 3.85. The van der Waals surface area contributed by atoms with E-state index in [4.69, 9.17) is 15.9 Å². The maximum absolute atomic E-state index is 7.14. The van der Waals surface area contributed by atoms with Crippen molar-refractivity contribution in [3.63, 3.8) is 0 Å². The lowest BCUT2D eigenvalue weighted by molar-refractivity contribution is 0.0769. The fourth-order valence-electron chi connectivity index (χ4n) is 0.821. The second-order valence-electron chi connectivity index (χ2n) is 2.58. The second kappa shape index (κ2) is 4.28. The minimum Gasteiger partial charge on any atom is -0.385 e. The molecule has 60 valence electrons. The molecule has 0 rings (SSSR count). The molecule has 0 fully saturated rings. The van der Waals surface area contributed by atoms with Crippen LogP contribution in [-0.2, 0) is 4.74 Å². The van der Waals surface area contributed by atoms with Gasteiger partial charge in [0.1, 0.15) is 11.9 Å². The highest BCUT2D eigenvalue weighted by atomic mass is 16.5. The molecule has 3 N–H and O–H groups in total. The van der Waals surface area contributed by atoms with Gasteiger partial charge in [0.25, 0.3) is 0 Å². The molecule has 3 nitrogen and oxygen atoms in total. The lowest BCUT2D eigenvalue weighted by Crippen LogP contribution is -2.34. The predicted molar refractivity (Wildman–Crippen MR) is 42.2 cm³/mol. The van der Waals surface area contributed by atoms with Crippen LogP contribution in [0.15, 0.2) is 0 Å². The first kappa shape index (κ1) is 9.43. The van der Waals surface area contributed by atoms with Crippen LogP contribution in [0.5, 0.6) is 0 Å². The van der Waals surface area contributed by atoms with Crippen LogP contribution in [0.2, 0.25) is 0 Å². The van der Waals surface area contributed by atoms with Crippen LogP contribution in [0.4, 0.5) is 0 Å². The predicted octanol–water partition coefficient (Wildman–Crippen LogP) is 0.983. The summed E-state index contributed by atoms with van der Waals surface area (Å²) in [5.74, 6) is 0.411. The van der Waals surface area contributed by atoms with Gasteiger partial charge in [-0.25, -0.2) is 0 Å². The summed E-state index contributed by atoms with van der Waals surface area (Å²) in [6.45, 7) is 6.49. The summed E-state index contributed by atoms with van der Waals surface area (Å²) in [6, 6.07) is 0. The molecule has 3 heteroatoms. The highest BCUT2D eigenvalue weighted by molar-refractivity contribution is 5.81. The van der Waals surface area contributed by atoms with E-state index < -0.39 is 0 Å². The van der Waals surface area contributed by atoms with Crippen LogP contribution in [0.3, 0.4) is 0 Å². The first-order valence-electron chi connectivity index (χ1n) is 3.55. The maximum Gasteiger partial charge on any atom is 0.121 e. The van der Waals surface area contributed by atoms with Gasteiger partial charge in [-0.3, -0.25) is 5.41 Å². The third-order valence-corrected chi connectivity index (χ3v) is 1.26. The molecule has 1 atom stereocenters. The van der Waals surface area contributed by atoms with E-state index in [1.54, 1.807) is 0 Å². The van der Waals surface area contributed by atoms with Crippen molar-refractivity contribution in [2.24, 2.45) is 11.7 Å². The van der Waals surface area contributed by atoms with E-state index in [-0.39, 0.29) is 17.9 Å². The Hall–Kier alpha value is -0.570. The lowest BCUT2D eigenvalue weighted by atomic mass is 10.1. The van der Waals surface area contributed by atoms with E-state index in [2.05, 4.69) is 0 Å². The van der Waals surface area contributed by atoms with Crippen molar-refractivity contribution in [3.05, 3.63) is 0 Å². The van der Waals surface area contributed by atoms with Crippen molar-refractivity contribution in [2.45, 2.75) is 26.9 Å². The smallest absolute Gasteiger partial charge is 0.121 e. The molecule has 0 aromatic heterocycles. The fourth-order valence-corrected chi connectivity index (χ4v) is 0.821. The number of ether oxygens (including phenoxy) is 1. The van der Waals surface area contributed by atoms with Gasteiger partial charge in [-0.15, -0.1) is 0 Å². The average molecular weight is 144 g/mol.